The highest BCUT2D eigenvalue weighted by molar-refractivity contribution is 9.08. The van der Waals surface area contributed by atoms with Gasteiger partial charge in [0.05, 0.1) is 0 Å². The van der Waals surface area contributed by atoms with Crippen LogP contribution in [0, 0.1) is 0 Å². The van der Waals surface area contributed by atoms with Crippen LogP contribution in [0.5, 0.6) is 0 Å². The first-order valence-corrected chi connectivity index (χ1v) is 9.76. The molecule has 0 fully saturated rings. The van der Waals surface area contributed by atoms with Gasteiger partial charge in [0, 0.05) is 20.4 Å². The lowest BCUT2D eigenvalue weighted by Crippen LogP contribution is -1.77. The largest absolute Gasteiger partial charge is 0.135 e. The fourth-order valence-electron chi connectivity index (χ4n) is 2.16. The van der Waals surface area contributed by atoms with E-state index in [0.717, 1.165) is 10.7 Å². The Hall–Kier alpha value is -0.900. The van der Waals surface area contributed by atoms with E-state index in [2.05, 4.69) is 92.5 Å². The Balaban J connectivity index is 1.87. The van der Waals surface area contributed by atoms with Crippen molar-refractivity contribution in [2.75, 3.05) is 0 Å². The second-order valence-electron chi connectivity index (χ2n) is 4.83. The summed E-state index contributed by atoms with van der Waals surface area (Å²) < 4.78 is 0. The van der Waals surface area contributed by atoms with Crippen molar-refractivity contribution >= 4 is 43.2 Å². The predicted octanol–water partition coefficient (Wildman–Crippen LogP) is 6.87. The third-order valence-electron chi connectivity index (χ3n) is 3.39. The average Bonchev–Trinajstić information content (AvgIpc) is 3.05. The van der Waals surface area contributed by atoms with Crippen molar-refractivity contribution in [2.45, 2.75) is 10.7 Å². The Morgan fingerprint density at radius 3 is 1.29 bits per heavy atom. The highest BCUT2D eigenvalue weighted by Gasteiger charge is 2.05. The zero-order valence-electron chi connectivity index (χ0n) is 11.4. The molecular formula is C18H14Br2S. The first kappa shape index (κ1) is 15.0. The van der Waals surface area contributed by atoms with Crippen LogP contribution in [-0.4, -0.2) is 0 Å². The molecule has 3 rings (SSSR count). The molecule has 0 N–H and O–H groups in total. The van der Waals surface area contributed by atoms with Crippen LogP contribution in [0.15, 0.2) is 60.7 Å². The molecule has 3 heteroatoms. The molecule has 106 valence electrons. The van der Waals surface area contributed by atoms with Gasteiger partial charge in [0.1, 0.15) is 0 Å². The Labute approximate surface area is 146 Å². The van der Waals surface area contributed by atoms with E-state index in [4.69, 9.17) is 0 Å². The highest BCUT2D eigenvalue weighted by atomic mass is 79.9. The fraction of sp³-hybridized carbons (Fsp3) is 0.111. The maximum Gasteiger partial charge on any atom is 0.0349 e. The van der Waals surface area contributed by atoms with E-state index in [1.54, 1.807) is 0 Å². The summed E-state index contributed by atoms with van der Waals surface area (Å²) in [6, 6.07) is 21.9. The minimum absolute atomic E-state index is 0.906. The number of halogens is 2. The summed E-state index contributed by atoms with van der Waals surface area (Å²) in [6.07, 6.45) is 0. The lowest BCUT2D eigenvalue weighted by Gasteiger charge is -2.00. The number of thiophene rings is 1. The van der Waals surface area contributed by atoms with Gasteiger partial charge in [0.2, 0.25) is 0 Å². The minimum Gasteiger partial charge on any atom is -0.135 e. The van der Waals surface area contributed by atoms with Crippen LogP contribution in [-0.2, 0) is 10.7 Å². The van der Waals surface area contributed by atoms with Gasteiger partial charge in [-0.1, -0.05) is 80.4 Å². The Morgan fingerprint density at radius 2 is 0.952 bits per heavy atom. The molecule has 2 aromatic carbocycles. The molecule has 0 radical (unpaired) electrons. The molecule has 0 unspecified atom stereocenters. The summed E-state index contributed by atoms with van der Waals surface area (Å²) in [5, 5.41) is 1.81. The second kappa shape index (κ2) is 6.91. The third kappa shape index (κ3) is 3.47. The van der Waals surface area contributed by atoms with Crippen molar-refractivity contribution in [1.82, 2.24) is 0 Å². The zero-order chi connectivity index (χ0) is 14.7. The van der Waals surface area contributed by atoms with Crippen LogP contribution < -0.4 is 0 Å². The quantitative estimate of drug-likeness (QED) is 0.403. The zero-order valence-corrected chi connectivity index (χ0v) is 15.3. The van der Waals surface area contributed by atoms with Gasteiger partial charge < -0.3 is 0 Å². The van der Waals surface area contributed by atoms with Gasteiger partial charge >= 0.3 is 0 Å². The van der Waals surface area contributed by atoms with Crippen molar-refractivity contribution in [2.24, 2.45) is 0 Å². The number of hydrogen-bond acceptors (Lipinski definition) is 1. The summed E-state index contributed by atoms with van der Waals surface area (Å²) in [6.45, 7) is 0. The molecule has 0 nitrogen and oxygen atoms in total. The number of alkyl halides is 2. The van der Waals surface area contributed by atoms with Crippen molar-refractivity contribution in [1.29, 1.82) is 0 Å². The molecule has 0 saturated heterocycles. The number of hydrogen-bond donors (Lipinski definition) is 0. The van der Waals surface area contributed by atoms with E-state index in [1.807, 2.05) is 11.3 Å². The SMILES string of the molecule is BrCc1ccc(-c2ccc(-c3ccc(CBr)cc3)s2)cc1. The van der Waals surface area contributed by atoms with Gasteiger partial charge in [0.25, 0.3) is 0 Å². The smallest absolute Gasteiger partial charge is 0.0349 e. The van der Waals surface area contributed by atoms with Crippen LogP contribution in [0.3, 0.4) is 0 Å². The molecule has 21 heavy (non-hydrogen) atoms. The summed E-state index contributed by atoms with van der Waals surface area (Å²) in [4.78, 5) is 2.63. The van der Waals surface area contributed by atoms with Crippen LogP contribution >= 0.6 is 43.2 Å². The Bertz CT molecular complexity index is 650. The number of rotatable bonds is 4. The fourth-order valence-corrected chi connectivity index (χ4v) is 3.93. The van der Waals surface area contributed by atoms with Crippen LogP contribution in [0.2, 0.25) is 0 Å². The molecule has 0 aliphatic rings. The van der Waals surface area contributed by atoms with Gasteiger partial charge in [-0.15, -0.1) is 11.3 Å². The molecule has 0 aliphatic heterocycles. The van der Waals surface area contributed by atoms with Crippen molar-refractivity contribution in [3.05, 3.63) is 71.8 Å². The van der Waals surface area contributed by atoms with Crippen molar-refractivity contribution in [3.8, 4) is 20.9 Å². The Morgan fingerprint density at radius 1 is 0.571 bits per heavy atom. The molecule has 0 aliphatic carbocycles. The van der Waals surface area contributed by atoms with Gasteiger partial charge in [-0.25, -0.2) is 0 Å². The van der Waals surface area contributed by atoms with E-state index in [9.17, 15) is 0 Å². The van der Waals surface area contributed by atoms with E-state index < -0.39 is 0 Å². The number of benzene rings is 2. The molecule has 0 bridgehead atoms. The summed E-state index contributed by atoms with van der Waals surface area (Å²) in [7, 11) is 0. The van der Waals surface area contributed by atoms with Gasteiger partial charge in [-0.05, 0) is 34.4 Å². The van der Waals surface area contributed by atoms with Crippen LogP contribution in [0.1, 0.15) is 11.1 Å². The van der Waals surface area contributed by atoms with Crippen LogP contribution in [0.4, 0.5) is 0 Å². The minimum atomic E-state index is 0.906. The topological polar surface area (TPSA) is 0 Å². The summed E-state index contributed by atoms with van der Waals surface area (Å²) >= 11 is 8.81. The monoisotopic (exact) mass is 420 g/mol. The summed E-state index contributed by atoms with van der Waals surface area (Å²) in [5.41, 5.74) is 5.18. The maximum absolute atomic E-state index is 3.48. The summed E-state index contributed by atoms with van der Waals surface area (Å²) in [5.74, 6) is 0. The van der Waals surface area contributed by atoms with E-state index in [-0.39, 0.29) is 0 Å². The molecule has 0 saturated carbocycles. The van der Waals surface area contributed by atoms with Crippen molar-refractivity contribution < 1.29 is 0 Å². The molecule has 0 atom stereocenters. The molecule has 1 aromatic heterocycles. The van der Waals surface area contributed by atoms with Gasteiger partial charge in [-0.3, -0.25) is 0 Å². The molecule has 0 spiro atoms. The average molecular weight is 422 g/mol. The van der Waals surface area contributed by atoms with E-state index in [0.29, 0.717) is 0 Å². The van der Waals surface area contributed by atoms with Gasteiger partial charge in [0.15, 0.2) is 0 Å². The lowest BCUT2D eigenvalue weighted by atomic mass is 10.1. The maximum atomic E-state index is 3.48. The first-order chi connectivity index (χ1) is 10.3. The molecular weight excluding hydrogens is 408 g/mol. The van der Waals surface area contributed by atoms with Crippen LogP contribution in [0.25, 0.3) is 20.9 Å². The standard InChI is InChI=1S/C18H14Br2S/c19-11-13-1-5-15(6-2-13)17-9-10-18(21-17)16-7-3-14(12-20)4-8-16/h1-10H,11-12H2. The highest BCUT2D eigenvalue weighted by Crippen LogP contribution is 2.34. The predicted molar refractivity (Wildman–Crippen MR) is 100 cm³/mol. The van der Waals surface area contributed by atoms with E-state index in [1.165, 1.54) is 32.0 Å². The molecule has 3 aromatic rings. The molecule has 0 amide bonds. The van der Waals surface area contributed by atoms with E-state index >= 15 is 0 Å². The molecule has 1 heterocycles. The Kier molecular flexibility index (Phi) is 4.94. The third-order valence-corrected chi connectivity index (χ3v) is 5.87. The second-order valence-corrected chi connectivity index (χ2v) is 7.03. The normalized spacial score (nSPS) is 10.8. The van der Waals surface area contributed by atoms with Crippen molar-refractivity contribution in [3.63, 3.8) is 0 Å². The lowest BCUT2D eigenvalue weighted by molar-refractivity contribution is 1.44. The van der Waals surface area contributed by atoms with Gasteiger partial charge in [-0.2, -0.15) is 0 Å². The first-order valence-electron chi connectivity index (χ1n) is 6.70.